The zero-order chi connectivity index (χ0) is 12.8. The van der Waals surface area contributed by atoms with Crippen molar-refractivity contribution in [2.45, 2.75) is 27.1 Å². The van der Waals surface area contributed by atoms with Gasteiger partial charge in [0.1, 0.15) is 11.5 Å². The van der Waals surface area contributed by atoms with Gasteiger partial charge >= 0.3 is 6.36 Å². The molecule has 1 rings (SSSR count). The molecule has 0 radical (unpaired) electrons. The van der Waals surface area contributed by atoms with Gasteiger partial charge in [-0.3, -0.25) is 0 Å². The fourth-order valence-corrected chi connectivity index (χ4v) is 1.02. The predicted octanol–water partition coefficient (Wildman–Crippen LogP) is 3.93. The zero-order valence-corrected chi connectivity index (χ0v) is 9.68. The van der Waals surface area contributed by atoms with Gasteiger partial charge in [0.2, 0.25) is 0 Å². The van der Waals surface area contributed by atoms with Crippen molar-refractivity contribution in [3.8, 4) is 11.5 Å². The van der Waals surface area contributed by atoms with Crippen LogP contribution in [-0.4, -0.2) is 13.5 Å². The van der Waals surface area contributed by atoms with Gasteiger partial charge in [-0.1, -0.05) is 13.8 Å². The third-order valence-electron chi connectivity index (χ3n) is 1.49. The van der Waals surface area contributed by atoms with Crippen LogP contribution in [-0.2, 0) is 0 Å². The molecular formula is C11H15F3O2. The van der Waals surface area contributed by atoms with Crippen molar-refractivity contribution in [1.29, 1.82) is 0 Å². The van der Waals surface area contributed by atoms with Crippen molar-refractivity contribution in [2.24, 2.45) is 0 Å². The van der Waals surface area contributed by atoms with Crippen molar-refractivity contribution in [2.75, 3.05) is 7.11 Å². The number of alkyl halides is 3. The second-order valence-electron chi connectivity index (χ2n) is 2.73. The maximum absolute atomic E-state index is 11.8. The number of benzene rings is 1. The average Bonchev–Trinajstić information content (AvgIpc) is 2.17. The first-order valence-corrected chi connectivity index (χ1v) is 4.82. The summed E-state index contributed by atoms with van der Waals surface area (Å²) in [6.07, 6.45) is -4.67. The van der Waals surface area contributed by atoms with Gasteiger partial charge in [0.15, 0.2) is 0 Å². The first-order valence-electron chi connectivity index (χ1n) is 4.82. The third-order valence-corrected chi connectivity index (χ3v) is 1.49. The Hall–Kier alpha value is -1.39. The molecule has 16 heavy (non-hydrogen) atoms. The molecule has 5 heteroatoms. The van der Waals surface area contributed by atoms with Crippen LogP contribution in [0.5, 0.6) is 11.5 Å². The van der Waals surface area contributed by atoms with Gasteiger partial charge in [-0.15, -0.1) is 13.2 Å². The van der Waals surface area contributed by atoms with Crippen LogP contribution < -0.4 is 9.47 Å². The van der Waals surface area contributed by atoms with Crippen LogP contribution in [0.4, 0.5) is 13.2 Å². The lowest BCUT2D eigenvalue weighted by molar-refractivity contribution is -0.274. The number of halogens is 3. The van der Waals surface area contributed by atoms with Crippen LogP contribution in [0.3, 0.4) is 0 Å². The van der Waals surface area contributed by atoms with Gasteiger partial charge in [-0.25, -0.2) is 0 Å². The summed E-state index contributed by atoms with van der Waals surface area (Å²) in [5.74, 6) is 0.0681. The van der Waals surface area contributed by atoms with Gasteiger partial charge < -0.3 is 9.47 Å². The summed E-state index contributed by atoms with van der Waals surface area (Å²) in [5, 5.41) is 0. The highest BCUT2D eigenvalue weighted by atomic mass is 19.4. The van der Waals surface area contributed by atoms with Gasteiger partial charge in [0, 0.05) is 6.07 Å². The first-order chi connectivity index (χ1) is 7.40. The molecule has 0 amide bonds. The lowest BCUT2D eigenvalue weighted by atomic mass is 10.2. The number of rotatable bonds is 2. The summed E-state index contributed by atoms with van der Waals surface area (Å²) in [4.78, 5) is 0. The smallest absolute Gasteiger partial charge is 0.497 e. The van der Waals surface area contributed by atoms with E-state index in [1.165, 1.54) is 19.2 Å². The molecule has 0 heterocycles. The zero-order valence-electron chi connectivity index (χ0n) is 9.68. The lowest BCUT2D eigenvalue weighted by Crippen LogP contribution is -2.17. The number of methoxy groups -OCH3 is 1. The molecule has 0 aliphatic rings. The van der Waals surface area contributed by atoms with E-state index < -0.39 is 6.36 Å². The standard InChI is InChI=1S/C9H9F3O2.C2H6/c1-6-3-7(13-2)5-8(4-6)14-9(10,11)12;1-2/h3-5H,1-2H3;1-2H3. The minimum atomic E-state index is -4.67. The Morgan fingerprint density at radius 3 is 1.94 bits per heavy atom. The highest BCUT2D eigenvalue weighted by Crippen LogP contribution is 2.27. The van der Waals surface area contributed by atoms with Crippen LogP contribution in [0.15, 0.2) is 18.2 Å². The number of ether oxygens (including phenoxy) is 2. The molecule has 2 nitrogen and oxygen atoms in total. The number of hydrogen-bond donors (Lipinski definition) is 0. The van der Waals surface area contributed by atoms with Crippen LogP contribution >= 0.6 is 0 Å². The Bertz CT molecular complexity index is 321. The topological polar surface area (TPSA) is 18.5 Å². The van der Waals surface area contributed by atoms with E-state index in [4.69, 9.17) is 4.74 Å². The summed E-state index contributed by atoms with van der Waals surface area (Å²) < 4.78 is 44.1. The molecule has 0 spiro atoms. The fraction of sp³-hybridized carbons (Fsp3) is 0.455. The maximum Gasteiger partial charge on any atom is 0.573 e. The SMILES string of the molecule is CC.COc1cc(C)cc(OC(F)(F)F)c1. The number of aryl methyl sites for hydroxylation is 1. The first kappa shape index (κ1) is 14.6. The van der Waals surface area contributed by atoms with Crippen LogP contribution in [0.25, 0.3) is 0 Å². The average molecular weight is 236 g/mol. The minimum Gasteiger partial charge on any atom is -0.497 e. The Balaban J connectivity index is 0.00000106. The van der Waals surface area contributed by atoms with E-state index in [0.717, 1.165) is 0 Å². The summed E-state index contributed by atoms with van der Waals surface area (Å²) in [6, 6.07) is 4.08. The molecule has 0 saturated heterocycles. The molecule has 0 atom stereocenters. The van der Waals surface area contributed by atoms with E-state index in [1.54, 1.807) is 13.0 Å². The minimum absolute atomic E-state index is 0.269. The monoisotopic (exact) mass is 236 g/mol. The maximum atomic E-state index is 11.8. The Morgan fingerprint density at radius 1 is 1.00 bits per heavy atom. The summed E-state index contributed by atoms with van der Waals surface area (Å²) in [5.41, 5.74) is 0.642. The molecule has 0 aromatic heterocycles. The molecule has 0 fully saturated rings. The van der Waals surface area contributed by atoms with Crippen molar-refractivity contribution in [3.05, 3.63) is 23.8 Å². The van der Waals surface area contributed by atoms with Gasteiger partial charge in [0.25, 0.3) is 0 Å². The van der Waals surface area contributed by atoms with Crippen molar-refractivity contribution < 1.29 is 22.6 Å². The fourth-order valence-electron chi connectivity index (χ4n) is 1.02. The molecular weight excluding hydrogens is 221 g/mol. The van der Waals surface area contributed by atoms with Crippen LogP contribution in [0.1, 0.15) is 19.4 Å². The lowest BCUT2D eigenvalue weighted by Gasteiger charge is -2.10. The molecule has 0 aliphatic carbocycles. The van der Waals surface area contributed by atoms with E-state index >= 15 is 0 Å². The molecule has 1 aromatic rings. The normalized spacial score (nSPS) is 10.2. The molecule has 0 unspecified atom stereocenters. The molecule has 92 valence electrons. The Kier molecular flexibility index (Phi) is 5.71. The van der Waals surface area contributed by atoms with E-state index in [-0.39, 0.29) is 5.75 Å². The summed E-state index contributed by atoms with van der Waals surface area (Å²) in [6.45, 7) is 5.66. The van der Waals surface area contributed by atoms with Gasteiger partial charge in [-0.2, -0.15) is 0 Å². The number of hydrogen-bond acceptors (Lipinski definition) is 2. The quantitative estimate of drug-likeness (QED) is 0.774. The van der Waals surface area contributed by atoms with E-state index in [2.05, 4.69) is 4.74 Å². The van der Waals surface area contributed by atoms with Crippen molar-refractivity contribution in [1.82, 2.24) is 0 Å². The molecule has 0 N–H and O–H groups in total. The third kappa shape index (κ3) is 5.48. The molecule has 0 saturated carbocycles. The second-order valence-corrected chi connectivity index (χ2v) is 2.73. The van der Waals surface area contributed by atoms with E-state index in [1.807, 2.05) is 13.8 Å². The molecule has 0 aliphatic heterocycles. The largest absolute Gasteiger partial charge is 0.573 e. The van der Waals surface area contributed by atoms with Crippen LogP contribution in [0.2, 0.25) is 0 Å². The molecule has 1 aromatic carbocycles. The highest BCUT2D eigenvalue weighted by Gasteiger charge is 2.31. The van der Waals surface area contributed by atoms with E-state index in [0.29, 0.717) is 11.3 Å². The van der Waals surface area contributed by atoms with Gasteiger partial charge in [-0.05, 0) is 24.6 Å². The summed E-state index contributed by atoms with van der Waals surface area (Å²) in [7, 11) is 1.38. The molecule has 0 bridgehead atoms. The highest BCUT2D eigenvalue weighted by molar-refractivity contribution is 5.37. The Morgan fingerprint density at radius 2 is 1.50 bits per heavy atom. The Labute approximate surface area is 93.0 Å². The second kappa shape index (κ2) is 6.25. The predicted molar refractivity (Wildman–Crippen MR) is 55.8 cm³/mol. The van der Waals surface area contributed by atoms with Crippen molar-refractivity contribution >= 4 is 0 Å². The van der Waals surface area contributed by atoms with E-state index in [9.17, 15) is 13.2 Å². The van der Waals surface area contributed by atoms with Crippen LogP contribution in [0, 0.1) is 6.92 Å². The van der Waals surface area contributed by atoms with Gasteiger partial charge in [0.05, 0.1) is 7.11 Å². The van der Waals surface area contributed by atoms with Crippen molar-refractivity contribution in [3.63, 3.8) is 0 Å². The summed E-state index contributed by atoms with van der Waals surface area (Å²) >= 11 is 0.